The molecule has 1 heterocycles. The van der Waals surface area contributed by atoms with Crippen molar-refractivity contribution in [2.24, 2.45) is 5.41 Å². The van der Waals surface area contributed by atoms with Gasteiger partial charge in [0.15, 0.2) is 0 Å². The molecule has 1 aliphatic rings. The lowest BCUT2D eigenvalue weighted by atomic mass is 9.80. The van der Waals surface area contributed by atoms with Crippen LogP contribution in [0.1, 0.15) is 60.2 Å². The van der Waals surface area contributed by atoms with E-state index < -0.39 is 11.3 Å². The summed E-state index contributed by atoms with van der Waals surface area (Å²) < 4.78 is 0. The lowest BCUT2D eigenvalue weighted by Gasteiger charge is -2.26. The highest BCUT2D eigenvalue weighted by Crippen LogP contribution is 2.33. The van der Waals surface area contributed by atoms with Crippen molar-refractivity contribution in [2.75, 3.05) is 5.32 Å². The zero-order valence-corrected chi connectivity index (χ0v) is 15.9. The molecule has 1 aliphatic carbocycles. The Morgan fingerprint density at radius 2 is 1.93 bits per heavy atom. The van der Waals surface area contributed by atoms with E-state index in [9.17, 15) is 9.59 Å². The second kappa shape index (κ2) is 7.48. The number of carbonyl (C=O) groups is 2. The van der Waals surface area contributed by atoms with E-state index in [1.165, 1.54) is 5.56 Å². The number of aryl methyl sites for hydroxylation is 1. The zero-order chi connectivity index (χ0) is 19.6. The van der Waals surface area contributed by atoms with Crippen LogP contribution in [-0.2, 0) is 17.6 Å². The molecule has 2 amide bonds. The van der Waals surface area contributed by atoms with Crippen LogP contribution >= 0.6 is 0 Å². The molecule has 3 N–H and O–H groups in total. The molecule has 1 unspecified atom stereocenters. The molecular formula is C21H25N3O3. The number of aromatic nitrogens is 1. The monoisotopic (exact) mass is 367 g/mol. The van der Waals surface area contributed by atoms with Crippen LogP contribution in [0.2, 0.25) is 0 Å². The van der Waals surface area contributed by atoms with Gasteiger partial charge in [-0.25, -0.2) is 10.5 Å². The summed E-state index contributed by atoms with van der Waals surface area (Å²) in [5, 5.41) is 11.7. The number of carbonyl (C=O) groups excluding carboxylic acids is 2. The van der Waals surface area contributed by atoms with Crippen molar-refractivity contribution in [2.45, 2.75) is 46.0 Å². The summed E-state index contributed by atoms with van der Waals surface area (Å²) in [6.45, 7) is 5.61. The Bertz CT molecular complexity index is 871. The third kappa shape index (κ3) is 4.34. The molecule has 0 saturated carbocycles. The van der Waals surface area contributed by atoms with E-state index in [1.807, 2.05) is 45.0 Å². The first-order valence-corrected chi connectivity index (χ1v) is 9.11. The summed E-state index contributed by atoms with van der Waals surface area (Å²) in [6, 6.07) is 9.48. The van der Waals surface area contributed by atoms with E-state index in [0.29, 0.717) is 17.3 Å². The van der Waals surface area contributed by atoms with Crippen LogP contribution in [0, 0.1) is 5.41 Å². The lowest BCUT2D eigenvalue weighted by molar-refractivity contribution is -0.123. The van der Waals surface area contributed by atoms with Gasteiger partial charge >= 0.3 is 0 Å². The summed E-state index contributed by atoms with van der Waals surface area (Å²) in [7, 11) is 0. The van der Waals surface area contributed by atoms with Gasteiger partial charge in [0.05, 0.1) is 0 Å². The number of amides is 2. The molecule has 0 fully saturated rings. The predicted molar refractivity (Wildman–Crippen MR) is 103 cm³/mol. The molecule has 1 aromatic heterocycles. The van der Waals surface area contributed by atoms with Gasteiger partial charge in [-0.15, -0.1) is 0 Å². The number of hydrogen-bond acceptors (Lipinski definition) is 4. The van der Waals surface area contributed by atoms with Gasteiger partial charge in [-0.2, -0.15) is 0 Å². The van der Waals surface area contributed by atoms with Gasteiger partial charge in [-0.3, -0.25) is 14.8 Å². The Balaban J connectivity index is 1.76. The summed E-state index contributed by atoms with van der Waals surface area (Å²) in [6.07, 6.45) is 4.41. The third-order valence-electron chi connectivity index (χ3n) is 4.98. The van der Waals surface area contributed by atoms with Crippen molar-refractivity contribution >= 4 is 17.6 Å². The van der Waals surface area contributed by atoms with Crippen LogP contribution in [0.4, 0.5) is 5.82 Å². The van der Waals surface area contributed by atoms with E-state index in [4.69, 9.17) is 5.21 Å². The summed E-state index contributed by atoms with van der Waals surface area (Å²) >= 11 is 0. The van der Waals surface area contributed by atoms with Crippen LogP contribution < -0.4 is 10.8 Å². The van der Waals surface area contributed by atoms with Crippen molar-refractivity contribution in [3.63, 3.8) is 0 Å². The molecule has 27 heavy (non-hydrogen) atoms. The zero-order valence-electron chi connectivity index (χ0n) is 15.9. The van der Waals surface area contributed by atoms with Gasteiger partial charge < -0.3 is 5.32 Å². The van der Waals surface area contributed by atoms with Crippen molar-refractivity contribution in [3.8, 4) is 0 Å². The Kier molecular flexibility index (Phi) is 5.28. The fourth-order valence-electron chi connectivity index (χ4n) is 3.32. The molecule has 0 saturated heterocycles. The Labute approximate surface area is 159 Å². The Morgan fingerprint density at radius 3 is 2.63 bits per heavy atom. The number of benzene rings is 1. The van der Waals surface area contributed by atoms with Crippen molar-refractivity contribution < 1.29 is 14.8 Å². The number of anilines is 1. The van der Waals surface area contributed by atoms with E-state index in [0.717, 1.165) is 30.4 Å². The Morgan fingerprint density at radius 1 is 1.15 bits per heavy atom. The normalized spacial score (nSPS) is 16.4. The Hall–Kier alpha value is -2.73. The average molecular weight is 367 g/mol. The molecular weight excluding hydrogens is 342 g/mol. The van der Waals surface area contributed by atoms with Crippen LogP contribution in [0.5, 0.6) is 0 Å². The molecule has 2 aromatic rings. The highest BCUT2D eigenvalue weighted by atomic mass is 16.5. The van der Waals surface area contributed by atoms with Crippen LogP contribution in [-0.4, -0.2) is 22.0 Å². The first-order valence-electron chi connectivity index (χ1n) is 9.11. The van der Waals surface area contributed by atoms with Gasteiger partial charge in [-0.05, 0) is 66.1 Å². The van der Waals surface area contributed by atoms with Crippen LogP contribution in [0.15, 0.2) is 36.5 Å². The molecule has 142 valence electrons. The van der Waals surface area contributed by atoms with Crippen molar-refractivity contribution in [1.82, 2.24) is 10.5 Å². The topological polar surface area (TPSA) is 91.3 Å². The largest absolute Gasteiger partial charge is 0.310 e. The van der Waals surface area contributed by atoms with Crippen LogP contribution in [0.25, 0.3) is 0 Å². The fourth-order valence-corrected chi connectivity index (χ4v) is 3.32. The first-order chi connectivity index (χ1) is 12.8. The number of pyridine rings is 1. The summed E-state index contributed by atoms with van der Waals surface area (Å²) in [4.78, 5) is 28.0. The molecule has 0 aliphatic heterocycles. The number of hydroxylamine groups is 1. The van der Waals surface area contributed by atoms with Gasteiger partial charge in [0.1, 0.15) is 5.82 Å². The maximum atomic E-state index is 12.2. The van der Waals surface area contributed by atoms with Gasteiger partial charge in [0.2, 0.25) is 5.91 Å². The first kappa shape index (κ1) is 19.0. The standard InChI is InChI=1S/C21H25N3O3/c1-21(2,3)20(26)23-18-12-16(8-9-22-18)14-4-5-15-11-17(19(25)24-27)7-6-13(15)10-14/h6-9,11-12,14,27H,4-5,10H2,1-3H3,(H,24,25)(H,22,23,26). The minimum Gasteiger partial charge on any atom is -0.310 e. The molecule has 0 bridgehead atoms. The second-order valence-electron chi connectivity index (χ2n) is 8.04. The molecule has 1 aromatic carbocycles. The van der Waals surface area contributed by atoms with Crippen LogP contribution in [0.3, 0.4) is 0 Å². The quantitative estimate of drug-likeness (QED) is 0.572. The highest BCUT2D eigenvalue weighted by molar-refractivity contribution is 5.94. The molecule has 0 radical (unpaired) electrons. The van der Waals surface area contributed by atoms with Crippen molar-refractivity contribution in [3.05, 3.63) is 58.8 Å². The van der Waals surface area contributed by atoms with Gasteiger partial charge in [-0.1, -0.05) is 26.8 Å². The lowest BCUT2D eigenvalue weighted by Crippen LogP contribution is -2.28. The number of rotatable bonds is 3. The summed E-state index contributed by atoms with van der Waals surface area (Å²) in [5.74, 6) is 0.362. The predicted octanol–water partition coefficient (Wildman–Crippen LogP) is 3.46. The molecule has 1 atom stereocenters. The number of hydrogen-bond donors (Lipinski definition) is 3. The fraction of sp³-hybridized carbons (Fsp3) is 0.381. The number of fused-ring (bicyclic) bond motifs is 1. The van der Waals surface area contributed by atoms with Crippen molar-refractivity contribution in [1.29, 1.82) is 0 Å². The number of nitrogens with zero attached hydrogens (tertiary/aromatic N) is 1. The number of nitrogens with one attached hydrogen (secondary N) is 2. The molecule has 6 heteroatoms. The SMILES string of the molecule is CC(C)(C)C(=O)Nc1cc(C2CCc3cc(C(=O)NO)ccc3C2)ccn1. The molecule has 6 nitrogen and oxygen atoms in total. The van der Waals surface area contributed by atoms with Gasteiger partial charge in [0, 0.05) is 17.2 Å². The molecule has 0 spiro atoms. The molecule has 3 rings (SSSR count). The highest BCUT2D eigenvalue weighted by Gasteiger charge is 2.24. The maximum Gasteiger partial charge on any atom is 0.274 e. The third-order valence-corrected chi connectivity index (χ3v) is 4.98. The van der Waals surface area contributed by atoms with E-state index >= 15 is 0 Å². The minimum atomic E-state index is -0.492. The smallest absolute Gasteiger partial charge is 0.274 e. The van der Waals surface area contributed by atoms with Gasteiger partial charge in [0.25, 0.3) is 5.91 Å². The summed E-state index contributed by atoms with van der Waals surface area (Å²) in [5.41, 5.74) is 5.16. The average Bonchev–Trinajstić information content (AvgIpc) is 2.66. The maximum absolute atomic E-state index is 12.2. The van der Waals surface area contributed by atoms with E-state index in [2.05, 4.69) is 10.3 Å². The van der Waals surface area contributed by atoms with E-state index in [-0.39, 0.29) is 5.91 Å². The minimum absolute atomic E-state index is 0.0594. The second-order valence-corrected chi connectivity index (χ2v) is 8.04. The van der Waals surface area contributed by atoms with E-state index in [1.54, 1.807) is 17.7 Å².